The van der Waals surface area contributed by atoms with Crippen LogP contribution in [-0.4, -0.2) is 49.9 Å². The van der Waals surface area contributed by atoms with Crippen LogP contribution in [0.3, 0.4) is 0 Å². The number of amides is 2. The molecule has 3 heterocycles. The minimum Gasteiger partial charge on any atom is -0.378 e. The third-order valence-electron chi connectivity index (χ3n) is 5.83. The van der Waals surface area contributed by atoms with Gasteiger partial charge >= 0.3 is 0 Å². The highest BCUT2D eigenvalue weighted by Crippen LogP contribution is 2.29. The smallest absolute Gasteiger partial charge is 0.293 e. The van der Waals surface area contributed by atoms with Gasteiger partial charge in [-0.3, -0.25) is 9.59 Å². The number of hydrogen-bond donors (Lipinski definition) is 3. The van der Waals surface area contributed by atoms with E-state index in [1.54, 1.807) is 24.3 Å². The normalized spacial score (nSPS) is 12.9. The molecule has 0 bridgehead atoms. The number of nitrogens with two attached hydrogens (primary N) is 1. The first-order valence-electron chi connectivity index (χ1n) is 11.6. The number of rotatable bonds is 7. The first-order valence-corrected chi connectivity index (χ1v) is 11.6. The van der Waals surface area contributed by atoms with Gasteiger partial charge in [0.2, 0.25) is 17.5 Å². The number of aryl methyl sites for hydroxylation is 1. The van der Waals surface area contributed by atoms with Crippen molar-refractivity contribution >= 4 is 35.2 Å². The molecule has 0 radical (unpaired) electrons. The molecule has 0 saturated carbocycles. The summed E-state index contributed by atoms with van der Waals surface area (Å²) in [4.78, 5) is 26.4. The van der Waals surface area contributed by atoms with Crippen LogP contribution in [0.2, 0.25) is 0 Å². The van der Waals surface area contributed by atoms with E-state index in [9.17, 15) is 9.59 Å². The molecular formula is C24H24N10O3. The van der Waals surface area contributed by atoms with Gasteiger partial charge in [0.05, 0.1) is 18.5 Å². The van der Waals surface area contributed by atoms with Gasteiger partial charge in [0.15, 0.2) is 5.69 Å². The maximum absolute atomic E-state index is 13.1. The lowest BCUT2D eigenvalue weighted by molar-refractivity contribution is -0.114. The second kappa shape index (κ2) is 10.3. The zero-order valence-electron chi connectivity index (χ0n) is 20.0. The summed E-state index contributed by atoms with van der Waals surface area (Å²) in [5, 5.41) is 22.4. The molecule has 0 fully saturated rings. The lowest BCUT2D eigenvalue weighted by Gasteiger charge is -2.31. The van der Waals surface area contributed by atoms with Crippen LogP contribution >= 0.6 is 0 Å². The Morgan fingerprint density at radius 1 is 1.16 bits per heavy atom. The average molecular weight is 501 g/mol. The van der Waals surface area contributed by atoms with E-state index in [2.05, 4.69) is 53.5 Å². The Labute approximate surface area is 211 Å². The Kier molecular flexibility index (Phi) is 6.57. The molecule has 0 saturated heterocycles. The van der Waals surface area contributed by atoms with Crippen molar-refractivity contribution < 1.29 is 14.2 Å². The molecule has 0 aliphatic carbocycles. The van der Waals surface area contributed by atoms with Crippen LogP contribution in [0, 0.1) is 0 Å². The molecule has 37 heavy (non-hydrogen) atoms. The number of nitrogens with zero attached hydrogens (tertiary/aromatic N) is 7. The largest absolute Gasteiger partial charge is 0.378 e. The van der Waals surface area contributed by atoms with Gasteiger partial charge in [0.25, 0.3) is 5.91 Å². The van der Waals surface area contributed by atoms with Gasteiger partial charge in [0, 0.05) is 24.8 Å². The topological polar surface area (TPSA) is 169 Å². The first kappa shape index (κ1) is 23.7. The quantitative estimate of drug-likeness (QED) is 0.253. The van der Waals surface area contributed by atoms with Crippen molar-refractivity contribution in [1.82, 2.24) is 30.7 Å². The molecule has 5 rings (SSSR count). The third kappa shape index (κ3) is 5.15. The van der Waals surface area contributed by atoms with Crippen LogP contribution < -0.4 is 21.4 Å². The number of para-hydroxylation sites is 1. The molecule has 0 unspecified atom stereocenters. The van der Waals surface area contributed by atoms with Gasteiger partial charge in [-0.05, 0) is 52.5 Å². The van der Waals surface area contributed by atoms with Crippen molar-refractivity contribution in [3.05, 3.63) is 71.0 Å². The fraction of sp³-hybridized carbons (Fsp3) is 0.208. The van der Waals surface area contributed by atoms with Crippen molar-refractivity contribution in [3.63, 3.8) is 0 Å². The highest BCUT2D eigenvalue weighted by atomic mass is 16.6. The van der Waals surface area contributed by atoms with Crippen molar-refractivity contribution in [3.8, 4) is 5.82 Å². The van der Waals surface area contributed by atoms with E-state index in [4.69, 9.17) is 10.4 Å². The van der Waals surface area contributed by atoms with E-state index in [1.165, 1.54) is 23.4 Å². The summed E-state index contributed by atoms with van der Waals surface area (Å²) < 4.78 is 6.10. The summed E-state index contributed by atoms with van der Waals surface area (Å²) in [5.74, 6) is -0.533. The van der Waals surface area contributed by atoms with Crippen molar-refractivity contribution in [2.75, 3.05) is 22.5 Å². The fourth-order valence-electron chi connectivity index (χ4n) is 4.16. The molecule has 4 N–H and O–H groups in total. The number of carbonyl (C=O) groups is 2. The monoisotopic (exact) mass is 500 g/mol. The second-order valence-corrected chi connectivity index (χ2v) is 8.43. The molecule has 2 aromatic carbocycles. The lowest BCUT2D eigenvalue weighted by Crippen LogP contribution is -2.31. The Morgan fingerprint density at radius 2 is 1.97 bits per heavy atom. The van der Waals surface area contributed by atoms with Crippen molar-refractivity contribution in [1.29, 1.82) is 0 Å². The number of hydrazone groups is 1. The minimum atomic E-state index is -0.548. The van der Waals surface area contributed by atoms with Crippen LogP contribution in [0.15, 0.2) is 58.3 Å². The molecular weight excluding hydrogens is 476 g/mol. The summed E-state index contributed by atoms with van der Waals surface area (Å²) in [6.07, 6.45) is 3.44. The van der Waals surface area contributed by atoms with E-state index in [0.717, 1.165) is 30.6 Å². The summed E-state index contributed by atoms with van der Waals surface area (Å²) in [5.41, 5.74) is 12.6. The number of benzene rings is 2. The van der Waals surface area contributed by atoms with Crippen LogP contribution in [0.1, 0.15) is 40.7 Å². The molecule has 13 heteroatoms. The van der Waals surface area contributed by atoms with Crippen molar-refractivity contribution in [2.24, 2.45) is 5.10 Å². The molecule has 1 aliphatic rings. The Hall–Kier alpha value is -5.07. The number of carbonyl (C=O) groups excluding carboxylic acids is 2. The highest BCUT2D eigenvalue weighted by molar-refractivity contribution is 5.94. The zero-order valence-corrected chi connectivity index (χ0v) is 20.0. The first-order chi connectivity index (χ1) is 18.0. The molecule has 2 aromatic heterocycles. The number of nitrogen functional groups attached to an aromatic ring is 1. The maximum Gasteiger partial charge on any atom is 0.293 e. The van der Waals surface area contributed by atoms with E-state index < -0.39 is 5.91 Å². The Morgan fingerprint density at radius 3 is 2.73 bits per heavy atom. The van der Waals surface area contributed by atoms with Crippen molar-refractivity contribution in [2.45, 2.75) is 26.3 Å². The molecule has 1 aliphatic heterocycles. The molecule has 188 valence electrons. The Balaban J connectivity index is 1.39. The zero-order chi connectivity index (χ0) is 25.8. The molecule has 13 nitrogen and oxygen atoms in total. The number of hydrogen-bond acceptors (Lipinski definition) is 10. The van der Waals surface area contributed by atoms with Gasteiger partial charge in [-0.25, -0.2) is 10.1 Å². The summed E-state index contributed by atoms with van der Waals surface area (Å²) in [6, 6.07) is 15.1. The van der Waals surface area contributed by atoms with Gasteiger partial charge in [-0.1, -0.05) is 35.5 Å². The van der Waals surface area contributed by atoms with Crippen LogP contribution in [-0.2, 0) is 17.8 Å². The van der Waals surface area contributed by atoms with Gasteiger partial charge in [-0.15, -0.1) is 5.10 Å². The predicted octanol–water partition coefficient (Wildman–Crippen LogP) is 1.91. The maximum atomic E-state index is 13.1. The van der Waals surface area contributed by atoms with Gasteiger partial charge in [0.1, 0.15) is 0 Å². The Bertz CT molecular complexity index is 1460. The number of anilines is 3. The number of aromatic nitrogens is 5. The summed E-state index contributed by atoms with van der Waals surface area (Å²) in [7, 11) is 0. The van der Waals surface area contributed by atoms with E-state index >= 15 is 0 Å². The average Bonchev–Trinajstić information content (AvgIpc) is 3.50. The predicted molar refractivity (Wildman–Crippen MR) is 135 cm³/mol. The SMILES string of the molecule is CC(=O)Nc1ccc(C=NNC(=O)c2nnn(-c3nonc3N)c2CN2CCCc3ccccc32)cc1. The van der Waals surface area contributed by atoms with Crippen LogP contribution in [0.25, 0.3) is 5.82 Å². The third-order valence-corrected chi connectivity index (χ3v) is 5.83. The van der Waals surface area contributed by atoms with Crippen LogP contribution in [0.4, 0.5) is 17.2 Å². The molecule has 4 aromatic rings. The summed E-state index contributed by atoms with van der Waals surface area (Å²) >= 11 is 0. The van der Waals surface area contributed by atoms with Gasteiger partial charge in [-0.2, -0.15) is 9.78 Å². The van der Waals surface area contributed by atoms with Gasteiger partial charge < -0.3 is 16.0 Å². The lowest BCUT2D eigenvalue weighted by atomic mass is 10.0. The molecule has 2 amide bonds. The fourth-order valence-corrected chi connectivity index (χ4v) is 4.16. The summed E-state index contributed by atoms with van der Waals surface area (Å²) in [6.45, 7) is 2.56. The minimum absolute atomic E-state index is 0.0258. The number of fused-ring (bicyclic) bond motifs is 1. The van der Waals surface area contributed by atoms with E-state index in [1.807, 2.05) is 12.1 Å². The van der Waals surface area contributed by atoms with Crippen LogP contribution in [0.5, 0.6) is 0 Å². The highest BCUT2D eigenvalue weighted by Gasteiger charge is 2.27. The second-order valence-electron chi connectivity index (χ2n) is 8.43. The number of nitrogens with one attached hydrogen (secondary N) is 2. The molecule has 0 spiro atoms. The van der Waals surface area contributed by atoms with E-state index in [-0.39, 0.29) is 23.2 Å². The molecule has 0 atom stereocenters. The standard InChI is InChI=1S/C24H24N10O3/c1-15(35)27-18-10-8-16(9-11-18)13-26-29-24(36)21-20(34(32-28-21)23-22(25)30-37-31-23)14-33-12-4-6-17-5-2-3-7-19(17)33/h2-3,5,7-11,13H,4,6,12,14H2,1H3,(H2,25,30)(H,27,35)(H,29,36). The van der Waals surface area contributed by atoms with E-state index in [0.29, 0.717) is 17.9 Å².